The molecule has 2 aromatic rings. The lowest BCUT2D eigenvalue weighted by atomic mass is 9.83. The van der Waals surface area contributed by atoms with E-state index in [1.165, 1.54) is 0 Å². The Morgan fingerprint density at radius 2 is 1.80 bits per heavy atom. The molecule has 3 atom stereocenters. The van der Waals surface area contributed by atoms with Crippen LogP contribution in [0.5, 0.6) is 5.75 Å². The second-order valence-corrected chi connectivity index (χ2v) is 11.7. The van der Waals surface area contributed by atoms with Crippen LogP contribution in [0, 0.1) is 5.92 Å². The van der Waals surface area contributed by atoms with Crippen LogP contribution in [0.4, 0.5) is 0 Å². The molecule has 41 heavy (non-hydrogen) atoms. The number of nitrogens with zero attached hydrogens (tertiary/aromatic N) is 3. The van der Waals surface area contributed by atoms with Gasteiger partial charge in [0.05, 0.1) is 19.1 Å². The Kier molecular flexibility index (Phi) is 9.28. The first-order valence-corrected chi connectivity index (χ1v) is 15.3. The highest BCUT2D eigenvalue weighted by molar-refractivity contribution is 5.98. The first-order valence-electron chi connectivity index (χ1n) is 15.3. The van der Waals surface area contributed by atoms with Crippen molar-refractivity contribution < 1.29 is 24.2 Å². The molecule has 0 spiro atoms. The minimum atomic E-state index is -0.850. The van der Waals surface area contributed by atoms with Crippen LogP contribution in [0.15, 0.2) is 42.5 Å². The van der Waals surface area contributed by atoms with Crippen molar-refractivity contribution in [2.75, 3.05) is 39.3 Å². The summed E-state index contributed by atoms with van der Waals surface area (Å²) in [6.07, 6.45) is 5.25. The summed E-state index contributed by atoms with van der Waals surface area (Å²) in [5.74, 6) is -0.846. The van der Waals surface area contributed by atoms with Crippen molar-refractivity contribution in [1.82, 2.24) is 14.7 Å². The molecule has 5 rings (SSSR count). The molecule has 1 N–H and O–H groups in total. The van der Waals surface area contributed by atoms with E-state index in [-0.39, 0.29) is 30.3 Å². The molecule has 0 bridgehead atoms. The zero-order valence-corrected chi connectivity index (χ0v) is 24.4. The molecule has 2 aromatic carbocycles. The Bertz CT molecular complexity index is 1260. The summed E-state index contributed by atoms with van der Waals surface area (Å²) >= 11 is 0. The number of carbonyl (C=O) groups is 3. The second kappa shape index (κ2) is 13.1. The van der Waals surface area contributed by atoms with Crippen LogP contribution in [0.3, 0.4) is 0 Å². The minimum absolute atomic E-state index is 0.00595. The van der Waals surface area contributed by atoms with Gasteiger partial charge >= 0.3 is 5.97 Å². The normalized spacial score (nSPS) is 21.6. The number of hydrogen-bond donors (Lipinski definition) is 1. The number of aliphatic carboxylic acids is 1. The Labute approximate surface area is 243 Å². The molecule has 1 saturated heterocycles. The molecule has 3 aliphatic heterocycles. The van der Waals surface area contributed by atoms with Gasteiger partial charge in [-0.2, -0.15) is 0 Å². The van der Waals surface area contributed by atoms with Gasteiger partial charge < -0.3 is 19.6 Å². The van der Waals surface area contributed by atoms with Gasteiger partial charge in [-0.1, -0.05) is 57.0 Å². The van der Waals surface area contributed by atoms with Crippen molar-refractivity contribution in [3.8, 4) is 5.75 Å². The van der Waals surface area contributed by atoms with E-state index in [9.17, 15) is 19.5 Å². The molecule has 8 nitrogen and oxygen atoms in total. The summed E-state index contributed by atoms with van der Waals surface area (Å²) in [6.45, 7) is 8.03. The van der Waals surface area contributed by atoms with Crippen LogP contribution in [0.25, 0.3) is 0 Å². The Balaban J connectivity index is 1.39. The molecule has 0 aliphatic carbocycles. The number of hydrogen-bond acceptors (Lipinski definition) is 5. The molecule has 220 valence electrons. The molecule has 3 aliphatic rings. The van der Waals surface area contributed by atoms with Crippen molar-refractivity contribution in [3.05, 3.63) is 64.7 Å². The van der Waals surface area contributed by atoms with Gasteiger partial charge in [-0.15, -0.1) is 0 Å². The maximum atomic E-state index is 13.6. The van der Waals surface area contributed by atoms with Crippen molar-refractivity contribution in [2.45, 2.75) is 70.9 Å². The van der Waals surface area contributed by atoms with E-state index in [0.29, 0.717) is 32.7 Å². The second-order valence-electron chi connectivity index (χ2n) is 11.7. The average molecular weight is 562 g/mol. The van der Waals surface area contributed by atoms with Crippen LogP contribution in [0.1, 0.15) is 78.9 Å². The van der Waals surface area contributed by atoms with Gasteiger partial charge in [0.2, 0.25) is 5.91 Å². The van der Waals surface area contributed by atoms with Crippen LogP contribution in [0.2, 0.25) is 0 Å². The summed E-state index contributed by atoms with van der Waals surface area (Å²) in [5.41, 5.74) is 3.83. The third kappa shape index (κ3) is 6.27. The number of amides is 2. The van der Waals surface area contributed by atoms with Gasteiger partial charge in [0.15, 0.2) is 0 Å². The maximum absolute atomic E-state index is 13.6. The van der Waals surface area contributed by atoms with E-state index in [4.69, 9.17) is 4.74 Å². The fourth-order valence-corrected chi connectivity index (χ4v) is 6.74. The fraction of sp³-hybridized carbons (Fsp3) is 0.545. The van der Waals surface area contributed by atoms with E-state index >= 15 is 0 Å². The fourth-order valence-electron chi connectivity index (χ4n) is 6.74. The lowest BCUT2D eigenvalue weighted by molar-refractivity contribution is -0.144. The average Bonchev–Trinajstić information content (AvgIpc) is 3.67. The van der Waals surface area contributed by atoms with Crippen molar-refractivity contribution in [1.29, 1.82) is 0 Å². The van der Waals surface area contributed by atoms with Crippen molar-refractivity contribution in [3.63, 3.8) is 0 Å². The predicted octanol–water partition coefficient (Wildman–Crippen LogP) is 4.57. The zero-order chi connectivity index (χ0) is 28.9. The van der Waals surface area contributed by atoms with Gasteiger partial charge in [0.1, 0.15) is 5.75 Å². The van der Waals surface area contributed by atoms with Crippen LogP contribution >= 0.6 is 0 Å². The molecular formula is C33H43N3O5. The third-order valence-corrected chi connectivity index (χ3v) is 9.02. The summed E-state index contributed by atoms with van der Waals surface area (Å²) in [6, 6.07) is 13.3. The summed E-state index contributed by atoms with van der Waals surface area (Å²) in [5, 5.41) is 10.6. The Morgan fingerprint density at radius 3 is 2.51 bits per heavy atom. The quantitative estimate of drug-likeness (QED) is 0.386. The molecule has 0 unspecified atom stereocenters. The van der Waals surface area contributed by atoms with E-state index in [2.05, 4.69) is 24.8 Å². The molecule has 8 heteroatoms. The van der Waals surface area contributed by atoms with Gasteiger partial charge in [0, 0.05) is 56.7 Å². The summed E-state index contributed by atoms with van der Waals surface area (Å²) in [4.78, 5) is 45.5. The number of carboxylic acid groups (broad SMARTS) is 1. The van der Waals surface area contributed by atoms with E-state index < -0.39 is 11.9 Å². The van der Waals surface area contributed by atoms with Crippen LogP contribution < -0.4 is 4.74 Å². The maximum Gasteiger partial charge on any atom is 0.308 e. The minimum Gasteiger partial charge on any atom is -0.493 e. The van der Waals surface area contributed by atoms with Gasteiger partial charge in [-0.05, 0) is 48.1 Å². The standard InChI is InChI=1S/C33H43N3O5/c1-3-5-15-34(16-6-4-2)30(37)22-36-21-27(23-11-12-29-24(19-23)14-18-41-29)31(33(39)40)28(36)13-17-35-20-25-9-7-8-10-26(25)32(35)38/h7-12,19,27-28,31H,3-6,13-18,20-22H2,1-2H3,(H,39,40)/t27-,28+,31-/m1/s1. The van der Waals surface area contributed by atoms with E-state index in [0.717, 1.165) is 73.2 Å². The zero-order valence-electron chi connectivity index (χ0n) is 24.4. The monoisotopic (exact) mass is 561 g/mol. The summed E-state index contributed by atoms with van der Waals surface area (Å²) in [7, 11) is 0. The van der Waals surface area contributed by atoms with Gasteiger partial charge in [-0.3, -0.25) is 19.3 Å². The molecule has 2 amide bonds. The lowest BCUT2D eigenvalue weighted by Crippen LogP contribution is -2.45. The summed E-state index contributed by atoms with van der Waals surface area (Å²) < 4.78 is 5.69. The van der Waals surface area contributed by atoms with Crippen molar-refractivity contribution in [2.24, 2.45) is 5.92 Å². The van der Waals surface area contributed by atoms with E-state index in [1.54, 1.807) is 0 Å². The molecule has 3 heterocycles. The van der Waals surface area contributed by atoms with E-state index in [1.807, 2.05) is 46.2 Å². The van der Waals surface area contributed by atoms with Crippen LogP contribution in [-0.2, 0) is 22.6 Å². The Hall–Kier alpha value is -3.39. The van der Waals surface area contributed by atoms with Gasteiger partial charge in [0.25, 0.3) is 5.91 Å². The SMILES string of the molecule is CCCCN(CCCC)C(=O)CN1C[C@H](c2ccc3c(c2)CCO3)[C@@H](C(=O)O)[C@@H]1CCN1Cc2ccccc2C1=O. The molecule has 0 aromatic heterocycles. The first-order chi connectivity index (χ1) is 19.9. The number of carbonyl (C=O) groups excluding carboxylic acids is 2. The number of benzene rings is 2. The highest BCUT2D eigenvalue weighted by Gasteiger charge is 2.47. The predicted molar refractivity (Wildman–Crippen MR) is 157 cm³/mol. The molecule has 0 saturated carbocycles. The number of fused-ring (bicyclic) bond motifs is 2. The third-order valence-electron chi connectivity index (χ3n) is 9.02. The topological polar surface area (TPSA) is 90.4 Å². The largest absolute Gasteiger partial charge is 0.493 e. The first kappa shape index (κ1) is 29.1. The number of unbranched alkanes of at least 4 members (excludes halogenated alkanes) is 2. The molecule has 1 fully saturated rings. The van der Waals surface area contributed by atoms with Crippen molar-refractivity contribution >= 4 is 17.8 Å². The molecule has 0 radical (unpaired) electrons. The smallest absolute Gasteiger partial charge is 0.308 e. The van der Waals surface area contributed by atoms with Gasteiger partial charge in [-0.25, -0.2) is 0 Å². The highest BCUT2D eigenvalue weighted by atomic mass is 16.5. The lowest BCUT2D eigenvalue weighted by Gasteiger charge is -2.30. The number of ether oxygens (including phenoxy) is 1. The number of likely N-dealkylation sites (tertiary alicyclic amines) is 1. The number of carboxylic acids is 1. The molecular weight excluding hydrogens is 518 g/mol. The Morgan fingerprint density at radius 1 is 1.05 bits per heavy atom. The number of rotatable bonds is 13. The highest BCUT2D eigenvalue weighted by Crippen LogP contribution is 2.41. The van der Waals surface area contributed by atoms with Crippen LogP contribution in [-0.4, -0.2) is 83.0 Å².